The van der Waals surface area contributed by atoms with Gasteiger partial charge in [-0.1, -0.05) is 18.2 Å². The van der Waals surface area contributed by atoms with Crippen molar-refractivity contribution in [3.8, 4) is 0 Å². The number of hydrogen-bond donors (Lipinski definition) is 1. The fourth-order valence-corrected chi connectivity index (χ4v) is 4.87. The molecule has 1 saturated heterocycles. The van der Waals surface area contributed by atoms with Gasteiger partial charge in [-0.15, -0.1) is 0 Å². The first-order chi connectivity index (χ1) is 13.7. The summed E-state index contributed by atoms with van der Waals surface area (Å²) in [6.07, 6.45) is 1.53. The molecule has 4 rings (SSSR count). The molecule has 29 heavy (non-hydrogen) atoms. The Morgan fingerprint density at radius 2 is 1.69 bits per heavy atom. The van der Waals surface area contributed by atoms with Crippen molar-refractivity contribution in [2.75, 3.05) is 31.1 Å². The van der Waals surface area contributed by atoms with Crippen LogP contribution in [0.15, 0.2) is 46.2 Å². The first kappa shape index (κ1) is 19.6. The summed E-state index contributed by atoms with van der Waals surface area (Å²) in [6, 6.07) is 8.42. The SMILES string of the molecule is CC(C)(C)n1ncc2c(=O)[nH]c(N3CCN(S(=O)(=O)c4ccccc4)CC3)nc21. The number of nitrogens with zero attached hydrogens (tertiary/aromatic N) is 5. The van der Waals surface area contributed by atoms with Crippen molar-refractivity contribution in [3.05, 3.63) is 46.9 Å². The van der Waals surface area contributed by atoms with E-state index in [1.807, 2.05) is 25.7 Å². The highest BCUT2D eigenvalue weighted by Crippen LogP contribution is 2.22. The Labute approximate surface area is 169 Å². The molecule has 0 saturated carbocycles. The Kier molecular flexibility index (Phi) is 4.70. The normalized spacial score (nSPS) is 16.4. The van der Waals surface area contributed by atoms with Crippen LogP contribution in [0, 0.1) is 0 Å². The molecule has 3 aromatic rings. The summed E-state index contributed by atoms with van der Waals surface area (Å²) in [5.74, 6) is 0.435. The summed E-state index contributed by atoms with van der Waals surface area (Å²) < 4.78 is 28.8. The van der Waals surface area contributed by atoms with Gasteiger partial charge >= 0.3 is 0 Å². The van der Waals surface area contributed by atoms with E-state index in [2.05, 4.69) is 15.1 Å². The van der Waals surface area contributed by atoms with Gasteiger partial charge in [0.05, 0.1) is 16.6 Å². The monoisotopic (exact) mass is 416 g/mol. The number of anilines is 1. The van der Waals surface area contributed by atoms with E-state index in [-0.39, 0.29) is 16.0 Å². The van der Waals surface area contributed by atoms with Gasteiger partial charge in [0.2, 0.25) is 16.0 Å². The maximum absolute atomic E-state index is 12.8. The zero-order chi connectivity index (χ0) is 20.8. The molecule has 0 atom stereocenters. The number of aromatic amines is 1. The van der Waals surface area contributed by atoms with E-state index in [0.29, 0.717) is 43.2 Å². The van der Waals surface area contributed by atoms with E-state index in [1.54, 1.807) is 35.0 Å². The Hall–Kier alpha value is -2.72. The molecule has 9 nitrogen and oxygen atoms in total. The third kappa shape index (κ3) is 3.53. The van der Waals surface area contributed by atoms with Crippen LogP contribution in [0.4, 0.5) is 5.95 Å². The largest absolute Gasteiger partial charge is 0.340 e. The molecular weight excluding hydrogens is 392 g/mol. The van der Waals surface area contributed by atoms with Crippen molar-refractivity contribution in [3.63, 3.8) is 0 Å². The van der Waals surface area contributed by atoms with E-state index in [0.717, 1.165) is 0 Å². The number of rotatable bonds is 3. The molecule has 0 amide bonds. The number of nitrogens with one attached hydrogen (secondary N) is 1. The van der Waals surface area contributed by atoms with Crippen LogP contribution in [0.25, 0.3) is 11.0 Å². The quantitative estimate of drug-likeness (QED) is 0.692. The number of aromatic nitrogens is 4. The molecule has 3 heterocycles. The third-order valence-corrected chi connectivity index (χ3v) is 6.89. The Balaban J connectivity index is 1.59. The van der Waals surface area contributed by atoms with Crippen LogP contribution >= 0.6 is 0 Å². The summed E-state index contributed by atoms with van der Waals surface area (Å²) >= 11 is 0. The van der Waals surface area contributed by atoms with Crippen LogP contribution in [0.1, 0.15) is 20.8 Å². The lowest BCUT2D eigenvalue weighted by atomic mass is 10.1. The molecule has 154 valence electrons. The number of hydrogen-bond acceptors (Lipinski definition) is 6. The molecule has 0 aliphatic carbocycles. The van der Waals surface area contributed by atoms with Crippen molar-refractivity contribution in [1.29, 1.82) is 0 Å². The van der Waals surface area contributed by atoms with Gasteiger partial charge in [0.1, 0.15) is 5.39 Å². The number of H-pyrrole nitrogens is 1. The minimum atomic E-state index is -3.53. The molecular formula is C19H24N6O3S. The zero-order valence-corrected chi connectivity index (χ0v) is 17.5. The van der Waals surface area contributed by atoms with Crippen molar-refractivity contribution in [2.45, 2.75) is 31.2 Å². The van der Waals surface area contributed by atoms with Crippen LogP contribution in [-0.4, -0.2) is 58.7 Å². The van der Waals surface area contributed by atoms with E-state index >= 15 is 0 Å². The standard InChI is InChI=1S/C19H24N6O3S/c1-19(2,3)25-16-15(13-20-25)17(26)22-18(21-16)23-9-11-24(12-10-23)29(27,28)14-7-5-4-6-8-14/h4-8,13H,9-12H2,1-3H3,(H,21,22,26). The van der Waals surface area contributed by atoms with E-state index in [1.165, 1.54) is 10.5 Å². The highest BCUT2D eigenvalue weighted by molar-refractivity contribution is 7.89. The summed E-state index contributed by atoms with van der Waals surface area (Å²) in [5.41, 5.74) is -0.0436. The lowest BCUT2D eigenvalue weighted by Crippen LogP contribution is -2.49. The van der Waals surface area contributed by atoms with E-state index < -0.39 is 10.0 Å². The second kappa shape index (κ2) is 6.96. The molecule has 1 fully saturated rings. The van der Waals surface area contributed by atoms with Crippen LogP contribution in [0.5, 0.6) is 0 Å². The van der Waals surface area contributed by atoms with Gasteiger partial charge in [-0.05, 0) is 32.9 Å². The summed E-state index contributed by atoms with van der Waals surface area (Å²) in [5, 5.41) is 4.76. The van der Waals surface area contributed by atoms with Crippen LogP contribution in [0.2, 0.25) is 0 Å². The number of piperazine rings is 1. The van der Waals surface area contributed by atoms with Gasteiger partial charge in [-0.3, -0.25) is 9.78 Å². The molecule has 0 unspecified atom stereocenters. The van der Waals surface area contributed by atoms with Gasteiger partial charge < -0.3 is 4.90 Å². The second-order valence-electron chi connectivity index (χ2n) is 8.06. The molecule has 1 N–H and O–H groups in total. The van der Waals surface area contributed by atoms with Crippen molar-refractivity contribution >= 4 is 27.0 Å². The van der Waals surface area contributed by atoms with Gasteiger partial charge in [0.15, 0.2) is 5.65 Å². The number of benzene rings is 1. The van der Waals surface area contributed by atoms with Crippen LogP contribution < -0.4 is 10.5 Å². The van der Waals surface area contributed by atoms with Gasteiger partial charge in [-0.2, -0.15) is 14.4 Å². The predicted octanol–water partition coefficient (Wildman–Crippen LogP) is 1.39. The zero-order valence-electron chi connectivity index (χ0n) is 16.7. The average molecular weight is 417 g/mol. The molecule has 1 aliphatic heterocycles. The molecule has 0 bridgehead atoms. The summed E-state index contributed by atoms with van der Waals surface area (Å²) in [7, 11) is -3.53. The molecule has 0 spiro atoms. The minimum absolute atomic E-state index is 0.250. The van der Waals surface area contributed by atoms with E-state index in [4.69, 9.17) is 0 Å². The maximum atomic E-state index is 12.8. The summed E-state index contributed by atoms with van der Waals surface area (Å²) in [4.78, 5) is 22.1. The highest BCUT2D eigenvalue weighted by atomic mass is 32.2. The molecule has 1 aromatic carbocycles. The third-order valence-electron chi connectivity index (χ3n) is 4.98. The fraction of sp³-hybridized carbons (Fsp3) is 0.421. The lowest BCUT2D eigenvalue weighted by Gasteiger charge is -2.34. The first-order valence-corrected chi connectivity index (χ1v) is 10.9. The fourth-order valence-electron chi connectivity index (χ4n) is 3.43. The first-order valence-electron chi connectivity index (χ1n) is 9.46. The topological polar surface area (TPSA) is 104 Å². The second-order valence-corrected chi connectivity index (χ2v) is 10.00. The average Bonchev–Trinajstić information content (AvgIpc) is 3.14. The minimum Gasteiger partial charge on any atom is -0.340 e. The van der Waals surface area contributed by atoms with Crippen LogP contribution in [0.3, 0.4) is 0 Å². The van der Waals surface area contributed by atoms with Crippen LogP contribution in [-0.2, 0) is 15.6 Å². The van der Waals surface area contributed by atoms with Crippen molar-refractivity contribution in [1.82, 2.24) is 24.1 Å². The Morgan fingerprint density at radius 1 is 1.03 bits per heavy atom. The molecule has 1 aliphatic rings. The molecule has 2 aromatic heterocycles. The van der Waals surface area contributed by atoms with Gasteiger partial charge in [0.25, 0.3) is 5.56 Å². The van der Waals surface area contributed by atoms with Crippen molar-refractivity contribution in [2.24, 2.45) is 0 Å². The van der Waals surface area contributed by atoms with Crippen molar-refractivity contribution < 1.29 is 8.42 Å². The van der Waals surface area contributed by atoms with Gasteiger partial charge in [0, 0.05) is 26.2 Å². The smallest absolute Gasteiger partial charge is 0.263 e. The lowest BCUT2D eigenvalue weighted by molar-refractivity contribution is 0.365. The highest BCUT2D eigenvalue weighted by Gasteiger charge is 2.29. The molecule has 10 heteroatoms. The van der Waals surface area contributed by atoms with E-state index in [9.17, 15) is 13.2 Å². The Morgan fingerprint density at radius 3 is 2.31 bits per heavy atom. The molecule has 0 radical (unpaired) electrons. The van der Waals surface area contributed by atoms with Gasteiger partial charge in [-0.25, -0.2) is 13.1 Å². The predicted molar refractivity (Wildman–Crippen MR) is 111 cm³/mol. The Bertz CT molecular complexity index is 1190. The maximum Gasteiger partial charge on any atom is 0.263 e. The number of fused-ring (bicyclic) bond motifs is 1. The summed E-state index contributed by atoms with van der Waals surface area (Å²) in [6.45, 7) is 7.49. The number of sulfonamides is 1.